The van der Waals surface area contributed by atoms with Gasteiger partial charge in [0.1, 0.15) is 5.65 Å². The fourth-order valence-corrected chi connectivity index (χ4v) is 6.94. The number of pyridine rings is 3. The molecule has 10 aromatic rings. The maximum atomic E-state index is 6.48. The molecule has 0 spiro atoms. The fourth-order valence-electron chi connectivity index (χ4n) is 6.94. The van der Waals surface area contributed by atoms with Gasteiger partial charge in [-0.2, -0.15) is 0 Å². The molecule has 5 aromatic carbocycles. The smallest absolute Gasteiger partial charge is 0.497 e. The first kappa shape index (κ1) is 28.4. The largest absolute Gasteiger partial charge is 2.00 e. The summed E-state index contributed by atoms with van der Waals surface area (Å²) in [4.78, 5) is 14.0. The molecule has 0 atom stereocenters. The van der Waals surface area contributed by atoms with Crippen molar-refractivity contribution in [2.75, 3.05) is 0 Å². The van der Waals surface area contributed by atoms with Crippen molar-refractivity contribution in [1.29, 1.82) is 0 Å². The monoisotopic (exact) mass is 796 g/mol. The molecule has 0 N–H and O–H groups in total. The zero-order valence-electron chi connectivity index (χ0n) is 25.2. The van der Waals surface area contributed by atoms with E-state index in [9.17, 15) is 0 Å². The first-order valence-electron chi connectivity index (χ1n) is 15.4. The van der Waals surface area contributed by atoms with E-state index in [-0.39, 0.29) is 21.1 Å². The molecule has 0 aliphatic carbocycles. The van der Waals surface area contributed by atoms with Crippen molar-refractivity contribution in [2.45, 2.75) is 0 Å². The fraction of sp³-hybridized carbons (Fsp3) is 0. The molecule has 0 saturated carbocycles. The molecule has 0 aliphatic rings. The topological polar surface area (TPSA) is 56.7 Å². The normalized spacial score (nSPS) is 11.6. The zero-order chi connectivity index (χ0) is 30.9. The van der Waals surface area contributed by atoms with Crippen LogP contribution in [0.25, 0.3) is 77.0 Å². The average Bonchev–Trinajstić information content (AvgIpc) is 3.84. The van der Waals surface area contributed by atoms with E-state index in [1.807, 2.05) is 41.2 Å². The number of imidazole rings is 2. The van der Waals surface area contributed by atoms with Gasteiger partial charge in [0.05, 0.1) is 11.3 Å². The Morgan fingerprint density at radius 2 is 1.12 bits per heavy atom. The number of ether oxygens (including phenoxy) is 1. The van der Waals surface area contributed by atoms with Crippen molar-refractivity contribution in [1.82, 2.24) is 23.8 Å². The number of rotatable bonds is 4. The summed E-state index contributed by atoms with van der Waals surface area (Å²) < 4.78 is 10.6. The molecule has 7 heteroatoms. The molecule has 0 unspecified atom stereocenters. The summed E-state index contributed by atoms with van der Waals surface area (Å²) in [6.45, 7) is 0. The molecule has 0 radical (unpaired) electrons. The Balaban J connectivity index is 0.00000314. The molecular weight excluding hydrogens is 774 g/mol. The summed E-state index contributed by atoms with van der Waals surface area (Å²) in [5.74, 6) is 1.16. The van der Waals surface area contributed by atoms with Gasteiger partial charge < -0.3 is 13.5 Å². The third-order valence-corrected chi connectivity index (χ3v) is 8.95. The van der Waals surface area contributed by atoms with Gasteiger partial charge in [-0.25, -0.2) is 4.98 Å². The molecule has 10 rings (SSSR count). The quantitative estimate of drug-likeness (QED) is 0.132. The van der Waals surface area contributed by atoms with Gasteiger partial charge >= 0.3 is 21.1 Å². The average molecular weight is 797 g/mol. The minimum Gasteiger partial charge on any atom is -0.497 e. The first-order chi connectivity index (χ1) is 23.3. The summed E-state index contributed by atoms with van der Waals surface area (Å²) in [7, 11) is 0. The van der Waals surface area contributed by atoms with Crippen LogP contribution in [-0.4, -0.2) is 23.8 Å². The molecule has 0 bridgehead atoms. The van der Waals surface area contributed by atoms with Crippen molar-refractivity contribution >= 4 is 54.8 Å². The Morgan fingerprint density at radius 3 is 1.88 bits per heavy atom. The zero-order valence-corrected chi connectivity index (χ0v) is 27.5. The van der Waals surface area contributed by atoms with Crippen LogP contribution in [0.4, 0.5) is 0 Å². The van der Waals surface area contributed by atoms with Crippen LogP contribution in [0.3, 0.4) is 0 Å². The third kappa shape index (κ3) is 4.26. The molecule has 0 saturated heterocycles. The second-order valence-corrected chi connectivity index (χ2v) is 11.6. The van der Waals surface area contributed by atoms with Gasteiger partial charge in [-0.05, 0) is 45.2 Å². The van der Waals surface area contributed by atoms with Crippen molar-refractivity contribution in [3.63, 3.8) is 0 Å². The van der Waals surface area contributed by atoms with Crippen LogP contribution in [0.2, 0.25) is 0 Å². The maximum Gasteiger partial charge on any atom is 2.00 e. The molecule has 5 heterocycles. The van der Waals surface area contributed by atoms with Crippen LogP contribution in [0.1, 0.15) is 0 Å². The number of nitrogens with zero attached hydrogens (tertiary/aromatic N) is 5. The Morgan fingerprint density at radius 1 is 0.500 bits per heavy atom. The van der Waals surface area contributed by atoms with E-state index in [4.69, 9.17) is 9.72 Å². The van der Waals surface area contributed by atoms with E-state index < -0.39 is 0 Å². The second-order valence-electron chi connectivity index (χ2n) is 11.6. The molecule has 48 heavy (non-hydrogen) atoms. The predicted molar refractivity (Wildman–Crippen MR) is 187 cm³/mol. The van der Waals surface area contributed by atoms with E-state index in [0.29, 0.717) is 11.5 Å². The van der Waals surface area contributed by atoms with E-state index in [1.165, 1.54) is 11.1 Å². The van der Waals surface area contributed by atoms with Crippen LogP contribution in [0.15, 0.2) is 140 Å². The number of aromatic nitrogens is 5. The number of fused-ring (bicyclic) bond motifs is 12. The van der Waals surface area contributed by atoms with Crippen molar-refractivity contribution in [3.05, 3.63) is 152 Å². The van der Waals surface area contributed by atoms with Gasteiger partial charge in [0.2, 0.25) is 0 Å². The summed E-state index contributed by atoms with van der Waals surface area (Å²) in [6.07, 6.45) is 9.37. The van der Waals surface area contributed by atoms with Gasteiger partial charge in [0.15, 0.2) is 0 Å². The Kier molecular flexibility index (Phi) is 6.59. The van der Waals surface area contributed by atoms with Gasteiger partial charge in [-0.3, -0.25) is 9.97 Å². The summed E-state index contributed by atoms with van der Waals surface area (Å²) in [5.41, 5.74) is 8.21. The van der Waals surface area contributed by atoms with Gasteiger partial charge in [-0.15, -0.1) is 12.1 Å². The van der Waals surface area contributed by atoms with Crippen LogP contribution in [0, 0.1) is 12.1 Å². The van der Waals surface area contributed by atoms with Crippen molar-refractivity contribution in [2.24, 2.45) is 0 Å². The van der Waals surface area contributed by atoms with Crippen LogP contribution < -0.4 is 4.74 Å². The number of hydrogen-bond acceptors (Lipinski definition) is 4. The minimum absolute atomic E-state index is 0. The predicted octanol–water partition coefficient (Wildman–Crippen LogP) is 9.71. The van der Waals surface area contributed by atoms with Crippen molar-refractivity contribution < 1.29 is 25.8 Å². The summed E-state index contributed by atoms with van der Waals surface area (Å²) in [6, 6.07) is 44.8. The first-order valence-corrected chi connectivity index (χ1v) is 15.4. The molecule has 0 amide bonds. The SMILES string of the molecule is [Pt+2].[c-]1c(Oc2[c-]c3c(cc2)c2cccnc2n2ccnc32)ccc2c1c1nccn1c1ccc(-c3ccccc3)c(-c3ccccc3)c21. The van der Waals surface area contributed by atoms with E-state index >= 15 is 0 Å². The number of hydrogen-bond donors (Lipinski definition) is 0. The van der Waals surface area contributed by atoms with Crippen LogP contribution >= 0.6 is 0 Å². The molecule has 228 valence electrons. The van der Waals surface area contributed by atoms with Crippen LogP contribution in [0.5, 0.6) is 11.5 Å². The van der Waals surface area contributed by atoms with Crippen molar-refractivity contribution in [3.8, 4) is 33.8 Å². The minimum atomic E-state index is 0. The van der Waals surface area contributed by atoms with Gasteiger partial charge in [0, 0.05) is 48.0 Å². The summed E-state index contributed by atoms with van der Waals surface area (Å²) in [5, 5.41) is 6.01. The van der Waals surface area contributed by atoms with E-state index in [2.05, 4.69) is 117 Å². The van der Waals surface area contributed by atoms with Gasteiger partial charge in [0.25, 0.3) is 0 Å². The molecule has 6 nitrogen and oxygen atoms in total. The Hall–Kier alpha value is -5.84. The molecule has 5 aromatic heterocycles. The third-order valence-electron chi connectivity index (χ3n) is 8.95. The Bertz CT molecular complexity index is 2830. The van der Waals surface area contributed by atoms with E-state index in [1.54, 1.807) is 12.4 Å². The molecule has 0 aliphatic heterocycles. The summed E-state index contributed by atoms with van der Waals surface area (Å²) >= 11 is 0. The number of benzene rings is 5. The maximum absolute atomic E-state index is 6.48. The molecule has 0 fully saturated rings. The van der Waals surface area contributed by atoms with Crippen LogP contribution in [-0.2, 0) is 21.1 Å². The Labute approximate surface area is 289 Å². The second kappa shape index (κ2) is 11.1. The van der Waals surface area contributed by atoms with E-state index in [0.717, 1.165) is 65.9 Å². The molecular formula is C41H23N5OPt. The van der Waals surface area contributed by atoms with Gasteiger partial charge in [-0.1, -0.05) is 119 Å². The standard InChI is InChI=1S/C41H23N5O.Pt/c1-3-8-26(9-4-1)30-17-18-36-38(37(30)27-10-5-2-6-11-27)32-16-14-29(25-35(32)40-43-20-22-45(36)40)47-28-13-15-31-33-12-7-19-42-39(33)46-23-21-44-41(46)34(31)24-28;/h1-23H;/q-2;+2.